The van der Waals surface area contributed by atoms with E-state index in [0.29, 0.717) is 12.6 Å². The number of nitrogens with one attached hydrogen (secondary N) is 2. The van der Waals surface area contributed by atoms with Gasteiger partial charge in [-0.1, -0.05) is 12.1 Å². The minimum absolute atomic E-state index is 0.0178. The lowest BCUT2D eigenvalue weighted by Crippen LogP contribution is -2.40. The van der Waals surface area contributed by atoms with E-state index in [9.17, 15) is 4.79 Å². The Morgan fingerprint density at radius 1 is 1.35 bits per heavy atom. The molecular formula is C16H25N3O. The van der Waals surface area contributed by atoms with Crippen LogP contribution in [0.1, 0.15) is 25.3 Å². The van der Waals surface area contributed by atoms with Gasteiger partial charge in [0.05, 0.1) is 6.54 Å². The molecule has 1 aromatic rings. The van der Waals surface area contributed by atoms with E-state index in [2.05, 4.69) is 22.5 Å². The summed E-state index contributed by atoms with van der Waals surface area (Å²) in [6.45, 7) is 7.85. The zero-order valence-electron chi connectivity index (χ0n) is 12.5. The van der Waals surface area contributed by atoms with E-state index in [-0.39, 0.29) is 5.91 Å². The maximum absolute atomic E-state index is 11.8. The molecular weight excluding hydrogens is 250 g/mol. The van der Waals surface area contributed by atoms with Crippen molar-refractivity contribution in [3.8, 4) is 0 Å². The molecule has 20 heavy (non-hydrogen) atoms. The van der Waals surface area contributed by atoms with Gasteiger partial charge in [0.25, 0.3) is 0 Å². The highest BCUT2D eigenvalue weighted by Gasteiger charge is 2.17. The summed E-state index contributed by atoms with van der Waals surface area (Å²) in [4.78, 5) is 14.3. The van der Waals surface area contributed by atoms with Gasteiger partial charge in [-0.3, -0.25) is 9.69 Å². The van der Waals surface area contributed by atoms with Crippen molar-refractivity contribution in [3.05, 3.63) is 29.8 Å². The van der Waals surface area contributed by atoms with E-state index >= 15 is 0 Å². The zero-order valence-corrected chi connectivity index (χ0v) is 12.5. The quantitative estimate of drug-likeness (QED) is 0.834. The first-order valence-electron chi connectivity index (χ1n) is 7.46. The van der Waals surface area contributed by atoms with Gasteiger partial charge in [-0.2, -0.15) is 0 Å². The maximum atomic E-state index is 11.8. The molecule has 1 heterocycles. The highest BCUT2D eigenvalue weighted by atomic mass is 16.1. The molecule has 1 unspecified atom stereocenters. The van der Waals surface area contributed by atoms with Crippen molar-refractivity contribution in [2.24, 2.45) is 0 Å². The van der Waals surface area contributed by atoms with Crippen LogP contribution in [0.3, 0.4) is 0 Å². The summed E-state index contributed by atoms with van der Waals surface area (Å²) in [6, 6.07) is 8.37. The lowest BCUT2D eigenvalue weighted by atomic mass is 10.2. The van der Waals surface area contributed by atoms with E-state index in [1.165, 1.54) is 25.9 Å². The molecule has 1 aromatic carbocycles. The maximum Gasteiger partial charge on any atom is 0.238 e. The Balaban J connectivity index is 1.67. The van der Waals surface area contributed by atoms with E-state index in [4.69, 9.17) is 0 Å². The van der Waals surface area contributed by atoms with Crippen molar-refractivity contribution in [3.63, 3.8) is 0 Å². The molecule has 1 fully saturated rings. The van der Waals surface area contributed by atoms with Crippen LogP contribution in [0, 0.1) is 6.92 Å². The van der Waals surface area contributed by atoms with Crippen LogP contribution in [-0.2, 0) is 4.79 Å². The van der Waals surface area contributed by atoms with Gasteiger partial charge in [0.2, 0.25) is 5.91 Å². The number of amides is 1. The highest BCUT2D eigenvalue weighted by Crippen LogP contribution is 2.11. The summed E-state index contributed by atoms with van der Waals surface area (Å²) in [5.74, 6) is 0.0178. The predicted octanol–water partition coefficient (Wildman–Crippen LogP) is 2.01. The fourth-order valence-electron chi connectivity index (χ4n) is 2.63. The number of nitrogens with zero attached hydrogens (tertiary/aromatic N) is 1. The molecule has 2 rings (SSSR count). The molecule has 0 aliphatic carbocycles. The van der Waals surface area contributed by atoms with E-state index in [1.807, 2.05) is 31.2 Å². The molecule has 4 heteroatoms. The van der Waals surface area contributed by atoms with Gasteiger partial charge in [0, 0.05) is 18.3 Å². The van der Waals surface area contributed by atoms with Gasteiger partial charge in [-0.15, -0.1) is 0 Å². The summed E-state index contributed by atoms with van der Waals surface area (Å²) >= 11 is 0. The Hall–Kier alpha value is -1.39. The van der Waals surface area contributed by atoms with Gasteiger partial charge < -0.3 is 10.6 Å². The molecule has 0 bridgehead atoms. The summed E-state index contributed by atoms with van der Waals surface area (Å²) in [5, 5.41) is 6.15. The summed E-state index contributed by atoms with van der Waals surface area (Å²) in [6.07, 6.45) is 2.61. The van der Waals surface area contributed by atoms with Crippen molar-refractivity contribution in [1.29, 1.82) is 0 Å². The van der Waals surface area contributed by atoms with Crippen molar-refractivity contribution in [2.45, 2.75) is 32.7 Å². The summed E-state index contributed by atoms with van der Waals surface area (Å²) in [7, 11) is 0. The van der Waals surface area contributed by atoms with Gasteiger partial charge in [-0.05, 0) is 57.5 Å². The largest absolute Gasteiger partial charge is 0.325 e. The monoisotopic (exact) mass is 275 g/mol. The van der Waals surface area contributed by atoms with Crippen molar-refractivity contribution in [2.75, 3.05) is 31.5 Å². The number of benzene rings is 1. The predicted molar refractivity (Wildman–Crippen MR) is 82.9 cm³/mol. The minimum Gasteiger partial charge on any atom is -0.325 e. The molecule has 1 atom stereocenters. The average Bonchev–Trinajstić information content (AvgIpc) is 2.92. The van der Waals surface area contributed by atoms with Crippen LogP contribution in [0.4, 0.5) is 5.69 Å². The topological polar surface area (TPSA) is 44.4 Å². The third kappa shape index (κ3) is 4.62. The number of anilines is 1. The lowest BCUT2D eigenvalue weighted by molar-refractivity contribution is -0.115. The second kappa shape index (κ2) is 7.41. The standard InChI is InChI=1S/C16H25N3O/c1-13-6-5-7-15(10-13)18-16(20)12-17-11-14(2)19-8-3-4-9-19/h5-7,10,14,17H,3-4,8-9,11-12H2,1-2H3,(H,18,20). The van der Waals surface area contributed by atoms with Gasteiger partial charge in [0.15, 0.2) is 0 Å². The van der Waals surface area contributed by atoms with E-state index in [1.54, 1.807) is 0 Å². The Morgan fingerprint density at radius 3 is 2.80 bits per heavy atom. The van der Waals surface area contributed by atoms with Crippen molar-refractivity contribution < 1.29 is 4.79 Å². The van der Waals surface area contributed by atoms with Crippen LogP contribution in [-0.4, -0.2) is 43.0 Å². The SMILES string of the molecule is Cc1cccc(NC(=O)CNCC(C)N2CCCC2)c1. The Labute approximate surface area is 121 Å². The average molecular weight is 275 g/mol. The first-order valence-corrected chi connectivity index (χ1v) is 7.46. The summed E-state index contributed by atoms with van der Waals surface area (Å²) < 4.78 is 0. The second-order valence-electron chi connectivity index (χ2n) is 5.64. The molecule has 0 saturated carbocycles. The number of hydrogen-bond acceptors (Lipinski definition) is 3. The first-order chi connectivity index (χ1) is 9.65. The van der Waals surface area contributed by atoms with E-state index in [0.717, 1.165) is 17.8 Å². The minimum atomic E-state index is 0.0178. The fraction of sp³-hybridized carbons (Fsp3) is 0.562. The van der Waals surface area contributed by atoms with Crippen LogP contribution < -0.4 is 10.6 Å². The molecule has 1 saturated heterocycles. The Bertz CT molecular complexity index is 441. The lowest BCUT2D eigenvalue weighted by Gasteiger charge is -2.23. The van der Waals surface area contributed by atoms with Crippen LogP contribution in [0.25, 0.3) is 0 Å². The van der Waals surface area contributed by atoms with Gasteiger partial charge in [-0.25, -0.2) is 0 Å². The molecule has 1 aliphatic rings. The molecule has 1 amide bonds. The summed E-state index contributed by atoms with van der Waals surface area (Å²) in [5.41, 5.74) is 2.02. The van der Waals surface area contributed by atoms with Crippen LogP contribution in [0.2, 0.25) is 0 Å². The molecule has 4 nitrogen and oxygen atoms in total. The first kappa shape index (κ1) is 15.0. The smallest absolute Gasteiger partial charge is 0.238 e. The molecule has 1 aliphatic heterocycles. The van der Waals surface area contributed by atoms with Gasteiger partial charge >= 0.3 is 0 Å². The normalized spacial score (nSPS) is 17.1. The zero-order chi connectivity index (χ0) is 14.4. The van der Waals surface area contributed by atoms with Crippen LogP contribution in [0.5, 0.6) is 0 Å². The second-order valence-corrected chi connectivity index (χ2v) is 5.64. The number of likely N-dealkylation sites (tertiary alicyclic amines) is 1. The Morgan fingerprint density at radius 2 is 2.10 bits per heavy atom. The molecule has 0 radical (unpaired) electrons. The van der Waals surface area contributed by atoms with Crippen molar-refractivity contribution >= 4 is 11.6 Å². The number of aryl methyl sites for hydroxylation is 1. The molecule has 2 N–H and O–H groups in total. The number of carbonyl (C=O) groups excluding carboxylic acids is 1. The van der Waals surface area contributed by atoms with Crippen molar-refractivity contribution in [1.82, 2.24) is 10.2 Å². The number of hydrogen-bond donors (Lipinski definition) is 2. The number of rotatable bonds is 6. The Kier molecular flexibility index (Phi) is 5.56. The molecule has 0 spiro atoms. The van der Waals surface area contributed by atoms with Crippen LogP contribution in [0.15, 0.2) is 24.3 Å². The fourth-order valence-corrected chi connectivity index (χ4v) is 2.63. The van der Waals surface area contributed by atoms with E-state index < -0.39 is 0 Å². The highest BCUT2D eigenvalue weighted by molar-refractivity contribution is 5.92. The number of carbonyl (C=O) groups is 1. The molecule has 110 valence electrons. The van der Waals surface area contributed by atoms with Crippen LogP contribution >= 0.6 is 0 Å². The third-order valence-corrected chi connectivity index (χ3v) is 3.79. The van der Waals surface area contributed by atoms with Gasteiger partial charge in [0.1, 0.15) is 0 Å². The molecule has 0 aromatic heterocycles. The third-order valence-electron chi connectivity index (χ3n) is 3.79.